The molecule has 103 heavy (non-hydrogen) atoms. The number of guanidine groups is 1. The van der Waals surface area contributed by atoms with E-state index in [0.717, 1.165) is 33.9 Å². The van der Waals surface area contributed by atoms with Gasteiger partial charge >= 0.3 is 5.97 Å². The average molecular weight is 1440 g/mol. The van der Waals surface area contributed by atoms with Crippen molar-refractivity contribution in [2.45, 2.75) is 89.5 Å². The van der Waals surface area contributed by atoms with Crippen LogP contribution in [0.2, 0.25) is 0 Å². The number of aromatic amines is 3. The Morgan fingerprint density at radius 2 is 1.08 bits per heavy atom. The number of nitrogens with two attached hydrogens (primary N) is 2. The molecule has 17 N–H and O–H groups in total. The molecule has 6 aromatic rings. The van der Waals surface area contributed by atoms with E-state index in [1.165, 1.54) is 19.3 Å². The predicted octanol–water partition coefficient (Wildman–Crippen LogP) is -0.0647. The Morgan fingerprint density at radius 1 is 0.553 bits per heavy atom. The number of ether oxygens (including phenoxy) is 8. The fraction of sp³-hybridized carbons (Fsp3) is 0.493. The number of fused-ring (bicyclic) bond motifs is 2. The third kappa shape index (κ3) is 30.3. The van der Waals surface area contributed by atoms with Crippen LogP contribution in [0, 0.1) is 17.1 Å². The van der Waals surface area contributed by atoms with Gasteiger partial charge in [-0.2, -0.15) is 0 Å². The molecule has 33 nitrogen and oxygen atoms in total. The second-order valence-corrected chi connectivity index (χ2v) is 23.8. The fourth-order valence-electron chi connectivity index (χ4n) is 10.3. The fourth-order valence-corrected chi connectivity index (χ4v) is 10.3. The standard InChI is InChI=1S/C69H97FN16O17/c1-44(2)62(68(95)76-20-24-98-23-19-75-63(90)46-14-15-59(52(70)35-46)103-61(89)16-21-96-25-27-99-29-31-101-33-34-102-32-30-100-28-26-97-22-17-71)86-67(94)56(36-47-39-78-53-11-6-4-9-50(47)53)83-60(88)42-80-64(91)55(13-8-18-77-69(72)73)84-65(92)57(37-48-40-79-54-12-7-5-10-51(48)54)85-66(93)58(82-45(3)87)38-49-41-74-43-81-49/h4-7,9-12,14-15,35,39-41,43-44,55-58,62,78-79H,8,13,16-34,36-38,42,71H2,1-3H3,(H,74,81)(H,75,90)(H,76,95)(H,80,91)(H,82,87)(H,83,88)(H,84,92)(H,85,93)(H,86,94)(H4,72,73,77)/t55-,56-,57-,58-,62-/m0/s1. The zero-order chi connectivity index (χ0) is 74.1. The van der Waals surface area contributed by atoms with E-state index in [4.69, 9.17) is 54.8 Å². The molecule has 0 aliphatic carbocycles. The van der Waals surface area contributed by atoms with Crippen molar-refractivity contribution >= 4 is 81.0 Å². The summed E-state index contributed by atoms with van der Waals surface area (Å²) in [6, 6.07) is 11.8. The van der Waals surface area contributed by atoms with Crippen LogP contribution >= 0.6 is 0 Å². The van der Waals surface area contributed by atoms with Crippen LogP contribution < -0.4 is 64.1 Å². The van der Waals surface area contributed by atoms with E-state index < -0.39 is 102 Å². The molecule has 0 unspecified atom stereocenters. The number of nitrogens with one attached hydrogen (secondary N) is 13. The lowest BCUT2D eigenvalue weighted by Crippen LogP contribution is -2.58. The van der Waals surface area contributed by atoms with Gasteiger partial charge in [0.25, 0.3) is 5.91 Å². The first kappa shape index (κ1) is 82.0. The summed E-state index contributed by atoms with van der Waals surface area (Å²) < 4.78 is 58.0. The lowest BCUT2D eigenvalue weighted by molar-refractivity contribution is -0.136. The highest BCUT2D eigenvalue weighted by atomic mass is 19.1. The first-order valence-electron chi connectivity index (χ1n) is 34.0. The number of esters is 1. The van der Waals surface area contributed by atoms with E-state index in [1.54, 1.807) is 32.4 Å². The molecule has 0 saturated heterocycles. The number of carbonyl (C=O) groups excluding carboxylic acids is 9. The predicted molar refractivity (Wildman–Crippen MR) is 375 cm³/mol. The van der Waals surface area contributed by atoms with E-state index in [-0.39, 0.29) is 108 Å². The Hall–Kier alpha value is -9.94. The normalized spacial score (nSPS) is 12.7. The third-order valence-electron chi connectivity index (χ3n) is 15.5. The highest BCUT2D eigenvalue weighted by molar-refractivity contribution is 5.98. The summed E-state index contributed by atoms with van der Waals surface area (Å²) in [4.78, 5) is 136. The lowest BCUT2D eigenvalue weighted by atomic mass is 10.0. The molecular formula is C69H97FN16O17. The molecule has 3 aromatic heterocycles. The molecule has 0 bridgehead atoms. The molecule has 8 amide bonds. The maximum atomic E-state index is 15.0. The summed E-state index contributed by atoms with van der Waals surface area (Å²) in [6.07, 6.45) is 6.22. The number of imidazole rings is 1. The number of aromatic nitrogens is 4. The van der Waals surface area contributed by atoms with Gasteiger partial charge < -0.3 is 112 Å². The van der Waals surface area contributed by atoms with Crippen molar-refractivity contribution in [2.75, 3.05) is 125 Å². The molecule has 0 aliphatic rings. The van der Waals surface area contributed by atoms with Crippen molar-refractivity contribution in [1.82, 2.24) is 67.8 Å². The Bertz CT molecular complexity index is 3650. The maximum Gasteiger partial charge on any atom is 0.313 e. The number of benzene rings is 3. The topological polar surface area (TPSA) is 472 Å². The van der Waals surface area contributed by atoms with Gasteiger partial charge in [0, 0.05) is 98.3 Å². The number of carbonyl (C=O) groups is 9. The molecule has 3 aromatic carbocycles. The molecule has 562 valence electrons. The number of hydrogen-bond acceptors (Lipinski definition) is 20. The van der Waals surface area contributed by atoms with Crippen LogP contribution in [0.1, 0.15) is 67.2 Å². The minimum absolute atomic E-state index is 0.00104. The van der Waals surface area contributed by atoms with Crippen LogP contribution in [0.5, 0.6) is 5.75 Å². The number of halogens is 1. The monoisotopic (exact) mass is 1440 g/mol. The van der Waals surface area contributed by atoms with Crippen LogP contribution in [-0.2, 0) is 90.8 Å². The van der Waals surface area contributed by atoms with Crippen LogP contribution in [0.3, 0.4) is 0 Å². The van der Waals surface area contributed by atoms with Gasteiger partial charge in [-0.3, -0.25) is 48.6 Å². The van der Waals surface area contributed by atoms with Crippen molar-refractivity contribution in [3.8, 4) is 5.75 Å². The van der Waals surface area contributed by atoms with Gasteiger partial charge in [-0.1, -0.05) is 50.2 Å². The van der Waals surface area contributed by atoms with Crippen molar-refractivity contribution in [3.63, 3.8) is 0 Å². The van der Waals surface area contributed by atoms with Crippen molar-refractivity contribution in [2.24, 2.45) is 17.4 Å². The molecule has 0 saturated carbocycles. The molecule has 5 atom stereocenters. The second-order valence-electron chi connectivity index (χ2n) is 23.8. The Labute approximate surface area is 595 Å². The quantitative estimate of drug-likeness (QED) is 0.00782. The van der Waals surface area contributed by atoms with E-state index in [1.807, 2.05) is 48.5 Å². The first-order valence-corrected chi connectivity index (χ1v) is 34.0. The summed E-state index contributed by atoms with van der Waals surface area (Å²) in [5.41, 5.74) is 14.1. The zero-order valence-electron chi connectivity index (χ0n) is 58.2. The SMILES string of the molecule is CC(=O)N[C@@H](Cc1c[nH]cn1)C(=O)N[C@@H](Cc1c[nH]c2ccccc12)C(=O)N[C@@H](CCCNC(=N)N)C(=O)NCC(=O)N[C@@H](Cc1c[nH]c2ccccc12)C(=O)N[C@H](C(=O)NCCOCCNC(=O)c1ccc(OC(=O)CCOCCOCCOCCOCCOCCOCCN)c(F)c1)C(C)C. The van der Waals surface area contributed by atoms with Gasteiger partial charge in [0.2, 0.25) is 41.4 Å². The first-order chi connectivity index (χ1) is 49.8. The number of para-hydroxylation sites is 2. The minimum atomic E-state index is -1.33. The van der Waals surface area contributed by atoms with Crippen LogP contribution in [0.15, 0.2) is 91.6 Å². The summed E-state index contributed by atoms with van der Waals surface area (Å²) in [6.45, 7) is 8.90. The van der Waals surface area contributed by atoms with E-state index in [9.17, 15) is 47.5 Å². The summed E-state index contributed by atoms with van der Waals surface area (Å²) in [5.74, 6) is -8.38. The molecule has 0 fully saturated rings. The third-order valence-corrected chi connectivity index (χ3v) is 15.5. The van der Waals surface area contributed by atoms with E-state index in [0.29, 0.717) is 82.8 Å². The van der Waals surface area contributed by atoms with Gasteiger partial charge in [-0.15, -0.1) is 0 Å². The molecule has 3 heterocycles. The Morgan fingerprint density at radius 3 is 1.62 bits per heavy atom. The maximum absolute atomic E-state index is 15.0. The highest BCUT2D eigenvalue weighted by Gasteiger charge is 2.33. The molecule has 0 radical (unpaired) electrons. The van der Waals surface area contributed by atoms with Gasteiger partial charge in [-0.25, -0.2) is 9.37 Å². The molecular weight excluding hydrogens is 1340 g/mol. The minimum Gasteiger partial charge on any atom is -0.423 e. The summed E-state index contributed by atoms with van der Waals surface area (Å²) in [5, 5.41) is 33.4. The number of nitrogens with zero attached hydrogens (tertiary/aromatic N) is 1. The van der Waals surface area contributed by atoms with Crippen LogP contribution in [-0.4, -0.2) is 235 Å². The number of H-pyrrole nitrogens is 3. The van der Waals surface area contributed by atoms with Gasteiger partial charge in [0.1, 0.15) is 30.2 Å². The summed E-state index contributed by atoms with van der Waals surface area (Å²) >= 11 is 0. The molecule has 0 aliphatic heterocycles. The van der Waals surface area contributed by atoms with Crippen molar-refractivity contribution in [3.05, 3.63) is 120 Å². The Balaban J connectivity index is 0.948. The van der Waals surface area contributed by atoms with Gasteiger partial charge in [0.05, 0.1) is 117 Å². The van der Waals surface area contributed by atoms with E-state index >= 15 is 0 Å². The largest absolute Gasteiger partial charge is 0.423 e. The van der Waals surface area contributed by atoms with Crippen molar-refractivity contribution in [1.29, 1.82) is 5.41 Å². The smallest absolute Gasteiger partial charge is 0.313 e. The van der Waals surface area contributed by atoms with Crippen LogP contribution in [0.4, 0.5) is 4.39 Å². The number of hydrogen-bond donors (Lipinski definition) is 15. The van der Waals surface area contributed by atoms with E-state index in [2.05, 4.69) is 67.8 Å². The molecule has 34 heteroatoms. The average Bonchev–Trinajstić information content (AvgIpc) is 1.69. The molecule has 6 rings (SSSR count). The molecule has 0 spiro atoms. The van der Waals surface area contributed by atoms with Crippen molar-refractivity contribution < 1.29 is 85.4 Å². The zero-order valence-corrected chi connectivity index (χ0v) is 58.2. The number of amides is 8. The summed E-state index contributed by atoms with van der Waals surface area (Å²) in [7, 11) is 0. The van der Waals surface area contributed by atoms with Crippen LogP contribution in [0.25, 0.3) is 21.8 Å². The highest BCUT2D eigenvalue weighted by Crippen LogP contribution is 2.22. The Kier molecular flexibility index (Phi) is 36.5. The lowest BCUT2D eigenvalue weighted by Gasteiger charge is -2.26. The van der Waals surface area contributed by atoms with Gasteiger partial charge in [-0.05, 0) is 60.2 Å². The number of rotatable bonds is 51. The van der Waals surface area contributed by atoms with Gasteiger partial charge in [0.15, 0.2) is 17.5 Å². The second kappa shape index (κ2) is 45.8.